The van der Waals surface area contributed by atoms with Crippen molar-refractivity contribution in [1.82, 2.24) is 4.90 Å². The topological polar surface area (TPSA) is 60.4 Å². The van der Waals surface area contributed by atoms with E-state index in [0.29, 0.717) is 17.7 Å². The Kier molecular flexibility index (Phi) is 5.37. The van der Waals surface area contributed by atoms with E-state index in [4.69, 9.17) is 12.2 Å². The van der Waals surface area contributed by atoms with Crippen LogP contribution in [0.3, 0.4) is 0 Å². The highest BCUT2D eigenvalue weighted by Gasteiger charge is 2.37. The maximum atomic E-state index is 12.5. The molecule has 1 heterocycles. The smallest absolute Gasteiger partial charge is 0.266 e. The number of aryl methyl sites for hydroxylation is 1. The van der Waals surface area contributed by atoms with Crippen LogP contribution in [-0.2, 0) is 9.59 Å². The van der Waals surface area contributed by atoms with E-state index in [0.717, 1.165) is 22.9 Å². The van der Waals surface area contributed by atoms with Gasteiger partial charge in [0.05, 0.1) is 16.9 Å². The molecule has 0 spiro atoms. The molecule has 116 valence electrons. The van der Waals surface area contributed by atoms with Gasteiger partial charge < -0.3 is 9.90 Å². The molecule has 4 nitrogen and oxygen atoms in total. The summed E-state index contributed by atoms with van der Waals surface area (Å²) in [5.41, 5.74) is 2.01. The summed E-state index contributed by atoms with van der Waals surface area (Å²) in [6, 6.07) is 6.72. The molecule has 6 heteroatoms. The molecular formula is C16H16NO3S2-. The van der Waals surface area contributed by atoms with E-state index in [-0.39, 0.29) is 10.2 Å². The molecule has 1 saturated heterocycles. The number of hydrogen-bond donors (Lipinski definition) is 0. The Morgan fingerprint density at radius 1 is 1.41 bits per heavy atom. The molecule has 1 fully saturated rings. The van der Waals surface area contributed by atoms with Gasteiger partial charge in [0.25, 0.3) is 5.91 Å². The molecule has 22 heavy (non-hydrogen) atoms. The molecular weight excluding hydrogens is 318 g/mol. The Bertz CT molecular complexity index is 637. The number of carboxylic acids is 1. The molecule has 0 radical (unpaired) electrons. The summed E-state index contributed by atoms with van der Waals surface area (Å²) in [5, 5.41) is 11.3. The van der Waals surface area contributed by atoms with Gasteiger partial charge in [0.1, 0.15) is 4.32 Å². The Morgan fingerprint density at radius 3 is 2.59 bits per heavy atom. The molecule has 2 rings (SSSR count). The lowest BCUT2D eigenvalue weighted by Gasteiger charge is -2.27. The lowest BCUT2D eigenvalue weighted by Crippen LogP contribution is -2.49. The Morgan fingerprint density at radius 2 is 2.05 bits per heavy atom. The highest BCUT2D eigenvalue weighted by atomic mass is 32.2. The molecule has 0 aromatic heterocycles. The van der Waals surface area contributed by atoms with Crippen molar-refractivity contribution in [3.05, 3.63) is 40.3 Å². The fraction of sp³-hybridized carbons (Fsp3) is 0.312. The number of hydrogen-bond acceptors (Lipinski definition) is 5. The van der Waals surface area contributed by atoms with E-state index >= 15 is 0 Å². The largest absolute Gasteiger partial charge is 0.548 e. The standard InChI is InChI=1S/C16H17NO3S2/c1-3-4-12(15(19)20)17-14(18)13(22-16(17)21)9-11-7-5-10(2)6-8-11/h5-9,12H,3-4H2,1-2H3,(H,19,20)/p-1/b13-9-/t12-/m0/s1. The third kappa shape index (κ3) is 3.56. The third-order valence-corrected chi connectivity index (χ3v) is 4.67. The Hall–Kier alpha value is -1.66. The quantitative estimate of drug-likeness (QED) is 0.610. The van der Waals surface area contributed by atoms with Crippen molar-refractivity contribution < 1.29 is 14.7 Å². The van der Waals surface area contributed by atoms with Gasteiger partial charge in [-0.15, -0.1) is 0 Å². The van der Waals surface area contributed by atoms with Gasteiger partial charge in [0.2, 0.25) is 0 Å². The highest BCUT2D eigenvalue weighted by Crippen LogP contribution is 2.34. The van der Waals surface area contributed by atoms with Crippen LogP contribution in [0.4, 0.5) is 0 Å². The lowest BCUT2D eigenvalue weighted by atomic mass is 10.1. The average Bonchev–Trinajstić information content (AvgIpc) is 2.73. The minimum Gasteiger partial charge on any atom is -0.548 e. The lowest BCUT2D eigenvalue weighted by molar-refractivity contribution is -0.310. The van der Waals surface area contributed by atoms with Crippen LogP contribution in [0.25, 0.3) is 6.08 Å². The summed E-state index contributed by atoms with van der Waals surface area (Å²) in [6.45, 7) is 3.84. The molecule has 1 atom stereocenters. The number of aliphatic carboxylic acids is 1. The van der Waals surface area contributed by atoms with Gasteiger partial charge in [-0.2, -0.15) is 0 Å². The second kappa shape index (κ2) is 7.07. The first kappa shape index (κ1) is 16.7. The van der Waals surface area contributed by atoms with Crippen LogP contribution in [0, 0.1) is 6.92 Å². The second-order valence-electron chi connectivity index (χ2n) is 5.09. The normalized spacial score (nSPS) is 18.1. The van der Waals surface area contributed by atoms with Crippen molar-refractivity contribution in [2.45, 2.75) is 32.7 Å². The van der Waals surface area contributed by atoms with Crippen LogP contribution in [0.15, 0.2) is 29.2 Å². The molecule has 1 aromatic rings. The van der Waals surface area contributed by atoms with Gasteiger partial charge in [0, 0.05) is 0 Å². The minimum atomic E-state index is -1.27. The second-order valence-corrected chi connectivity index (χ2v) is 6.76. The zero-order valence-electron chi connectivity index (χ0n) is 12.4. The van der Waals surface area contributed by atoms with Crippen molar-refractivity contribution in [2.24, 2.45) is 0 Å². The molecule has 1 aromatic carbocycles. The van der Waals surface area contributed by atoms with Gasteiger partial charge in [-0.05, 0) is 25.0 Å². The zero-order chi connectivity index (χ0) is 16.3. The van der Waals surface area contributed by atoms with Crippen molar-refractivity contribution in [1.29, 1.82) is 0 Å². The maximum absolute atomic E-state index is 12.5. The van der Waals surface area contributed by atoms with E-state index in [9.17, 15) is 14.7 Å². The molecule has 0 bridgehead atoms. The number of amides is 1. The summed E-state index contributed by atoms with van der Waals surface area (Å²) < 4.78 is 0.269. The average molecular weight is 334 g/mol. The molecule has 0 unspecified atom stereocenters. The van der Waals surface area contributed by atoms with Crippen LogP contribution in [0.1, 0.15) is 30.9 Å². The van der Waals surface area contributed by atoms with Gasteiger partial charge in [-0.25, -0.2) is 0 Å². The predicted octanol–water partition coefficient (Wildman–Crippen LogP) is 2.11. The van der Waals surface area contributed by atoms with Crippen molar-refractivity contribution >= 4 is 46.3 Å². The monoisotopic (exact) mass is 334 g/mol. The number of thioether (sulfide) groups is 1. The number of carbonyl (C=O) groups excluding carboxylic acids is 2. The zero-order valence-corrected chi connectivity index (χ0v) is 14.0. The first-order valence-corrected chi connectivity index (χ1v) is 8.21. The van der Waals surface area contributed by atoms with Crippen LogP contribution in [0.5, 0.6) is 0 Å². The van der Waals surface area contributed by atoms with Gasteiger partial charge in [-0.1, -0.05) is 67.2 Å². The summed E-state index contributed by atoms with van der Waals surface area (Å²) in [6.07, 6.45) is 2.69. The van der Waals surface area contributed by atoms with E-state index in [1.807, 2.05) is 38.1 Å². The Labute approximate surface area is 139 Å². The summed E-state index contributed by atoms with van der Waals surface area (Å²) in [4.78, 5) is 25.3. The van der Waals surface area contributed by atoms with Gasteiger partial charge in [-0.3, -0.25) is 9.69 Å². The summed E-state index contributed by atoms with van der Waals surface area (Å²) >= 11 is 6.31. The summed E-state index contributed by atoms with van der Waals surface area (Å²) in [7, 11) is 0. The number of carboxylic acid groups (broad SMARTS) is 1. The van der Waals surface area contributed by atoms with Crippen LogP contribution in [-0.4, -0.2) is 27.1 Å². The van der Waals surface area contributed by atoms with E-state index < -0.39 is 12.0 Å². The molecule has 0 N–H and O–H groups in total. The summed E-state index contributed by atoms with van der Waals surface area (Å²) in [5.74, 6) is -1.63. The fourth-order valence-electron chi connectivity index (χ4n) is 2.19. The number of nitrogens with zero attached hydrogens (tertiary/aromatic N) is 1. The fourth-order valence-corrected chi connectivity index (χ4v) is 3.55. The van der Waals surface area contributed by atoms with Crippen LogP contribution >= 0.6 is 24.0 Å². The van der Waals surface area contributed by atoms with Crippen LogP contribution in [0.2, 0.25) is 0 Å². The van der Waals surface area contributed by atoms with Crippen molar-refractivity contribution in [3.63, 3.8) is 0 Å². The maximum Gasteiger partial charge on any atom is 0.266 e. The SMILES string of the molecule is CCC[C@@H](C(=O)[O-])N1C(=O)/C(=C/c2ccc(C)cc2)SC1=S. The van der Waals surface area contributed by atoms with Gasteiger partial charge >= 0.3 is 0 Å². The van der Waals surface area contributed by atoms with E-state index in [2.05, 4.69) is 0 Å². The molecule has 0 aliphatic carbocycles. The predicted molar refractivity (Wildman–Crippen MR) is 89.9 cm³/mol. The van der Waals surface area contributed by atoms with E-state index in [1.165, 1.54) is 4.90 Å². The van der Waals surface area contributed by atoms with Crippen molar-refractivity contribution in [3.8, 4) is 0 Å². The molecule has 1 amide bonds. The highest BCUT2D eigenvalue weighted by molar-refractivity contribution is 8.26. The number of thiocarbonyl (C=S) groups is 1. The van der Waals surface area contributed by atoms with Gasteiger partial charge in [0.15, 0.2) is 0 Å². The number of carbonyl (C=O) groups is 2. The molecule has 1 aliphatic heterocycles. The molecule has 1 aliphatic rings. The first-order valence-electron chi connectivity index (χ1n) is 6.98. The van der Waals surface area contributed by atoms with E-state index in [1.54, 1.807) is 6.08 Å². The van der Waals surface area contributed by atoms with Crippen molar-refractivity contribution in [2.75, 3.05) is 0 Å². The minimum absolute atomic E-state index is 0.269. The van der Waals surface area contributed by atoms with Crippen LogP contribution < -0.4 is 5.11 Å². The Balaban J connectivity index is 2.27. The third-order valence-electron chi connectivity index (χ3n) is 3.34. The molecule has 0 saturated carbocycles. The number of rotatable bonds is 5. The first-order chi connectivity index (χ1) is 10.4. The number of benzene rings is 1.